The third-order valence-electron chi connectivity index (χ3n) is 2.46. The van der Waals surface area contributed by atoms with E-state index in [4.69, 9.17) is 0 Å². The van der Waals surface area contributed by atoms with Gasteiger partial charge in [0.2, 0.25) is 0 Å². The molecular formula is C13H10BrFOS. The number of ketones is 1. The molecule has 0 saturated heterocycles. The van der Waals surface area contributed by atoms with E-state index >= 15 is 0 Å². The highest BCUT2D eigenvalue weighted by atomic mass is 79.9. The van der Waals surface area contributed by atoms with Crippen molar-refractivity contribution >= 4 is 33.0 Å². The minimum Gasteiger partial charge on any atom is -0.294 e. The molecule has 0 N–H and O–H groups in total. The van der Waals surface area contributed by atoms with Crippen LogP contribution in [0.25, 0.3) is 0 Å². The van der Waals surface area contributed by atoms with E-state index in [1.54, 1.807) is 19.1 Å². The molecule has 1 aromatic heterocycles. The number of carbonyl (C=O) groups is 1. The minimum atomic E-state index is -0.330. The maximum Gasteiger partial charge on any atom is 0.168 e. The number of benzene rings is 1. The predicted molar refractivity (Wildman–Crippen MR) is 71.2 cm³/mol. The van der Waals surface area contributed by atoms with E-state index in [1.165, 1.54) is 17.4 Å². The van der Waals surface area contributed by atoms with E-state index in [0.717, 1.165) is 8.66 Å². The Morgan fingerprint density at radius 3 is 2.71 bits per heavy atom. The largest absolute Gasteiger partial charge is 0.294 e. The van der Waals surface area contributed by atoms with Crippen LogP contribution >= 0.6 is 27.3 Å². The summed E-state index contributed by atoms with van der Waals surface area (Å²) in [6.45, 7) is 1.68. The van der Waals surface area contributed by atoms with Crippen LogP contribution in [-0.4, -0.2) is 5.78 Å². The van der Waals surface area contributed by atoms with Crippen molar-refractivity contribution in [1.82, 2.24) is 0 Å². The summed E-state index contributed by atoms with van der Waals surface area (Å²) in [6, 6.07) is 8.41. The molecule has 1 nitrogen and oxygen atoms in total. The minimum absolute atomic E-state index is 0.0572. The number of halogens is 2. The summed E-state index contributed by atoms with van der Waals surface area (Å²) in [7, 11) is 0. The average molecular weight is 313 g/mol. The summed E-state index contributed by atoms with van der Waals surface area (Å²) in [5.41, 5.74) is 0.984. The molecule has 0 unspecified atom stereocenters. The molecule has 0 aliphatic rings. The van der Waals surface area contributed by atoms with E-state index < -0.39 is 0 Å². The lowest BCUT2D eigenvalue weighted by Crippen LogP contribution is -2.03. The molecule has 1 heterocycles. The van der Waals surface area contributed by atoms with Crippen molar-refractivity contribution in [3.63, 3.8) is 0 Å². The zero-order valence-electron chi connectivity index (χ0n) is 9.17. The monoisotopic (exact) mass is 312 g/mol. The van der Waals surface area contributed by atoms with Crippen molar-refractivity contribution in [2.45, 2.75) is 13.3 Å². The van der Waals surface area contributed by atoms with Crippen LogP contribution in [0.2, 0.25) is 0 Å². The summed E-state index contributed by atoms with van der Waals surface area (Å²) in [6.07, 6.45) is 0.318. The van der Waals surface area contributed by atoms with Gasteiger partial charge in [0, 0.05) is 16.9 Å². The van der Waals surface area contributed by atoms with Crippen LogP contribution in [0.1, 0.15) is 20.8 Å². The number of thiophene rings is 1. The van der Waals surface area contributed by atoms with Crippen LogP contribution in [0, 0.1) is 12.7 Å². The quantitative estimate of drug-likeness (QED) is 0.768. The summed E-state index contributed by atoms with van der Waals surface area (Å²) >= 11 is 4.87. The van der Waals surface area contributed by atoms with Crippen molar-refractivity contribution in [3.05, 3.63) is 55.9 Å². The van der Waals surface area contributed by atoms with Gasteiger partial charge in [-0.3, -0.25) is 4.79 Å². The molecule has 0 atom stereocenters. The van der Waals surface area contributed by atoms with Crippen LogP contribution in [0.3, 0.4) is 0 Å². The molecule has 0 amide bonds. The van der Waals surface area contributed by atoms with Gasteiger partial charge in [-0.05, 0) is 46.6 Å². The standard InChI is InChI=1S/C13H10BrFOS/c1-8-2-3-9(6-11(8)15)12(16)7-10-4-5-13(14)17-10/h2-6H,7H2,1H3. The SMILES string of the molecule is Cc1ccc(C(=O)Cc2ccc(Br)s2)cc1F. The first-order valence-electron chi connectivity index (χ1n) is 5.10. The van der Waals surface area contributed by atoms with Crippen molar-refractivity contribution < 1.29 is 9.18 Å². The Morgan fingerprint density at radius 1 is 1.35 bits per heavy atom. The maximum absolute atomic E-state index is 13.3. The van der Waals surface area contributed by atoms with Crippen molar-refractivity contribution in [3.8, 4) is 0 Å². The second kappa shape index (κ2) is 5.10. The second-order valence-electron chi connectivity index (χ2n) is 3.77. The highest BCUT2D eigenvalue weighted by molar-refractivity contribution is 9.11. The Balaban J connectivity index is 2.17. The first-order chi connectivity index (χ1) is 8.06. The molecular weight excluding hydrogens is 303 g/mol. The lowest BCUT2D eigenvalue weighted by Gasteiger charge is -2.01. The van der Waals surface area contributed by atoms with Crippen molar-refractivity contribution in [2.75, 3.05) is 0 Å². The van der Waals surface area contributed by atoms with Crippen LogP contribution in [0.4, 0.5) is 4.39 Å². The van der Waals surface area contributed by atoms with Gasteiger partial charge in [-0.1, -0.05) is 12.1 Å². The first-order valence-corrected chi connectivity index (χ1v) is 6.71. The third-order valence-corrected chi connectivity index (χ3v) is 4.08. The highest BCUT2D eigenvalue weighted by Crippen LogP contribution is 2.23. The van der Waals surface area contributed by atoms with Crippen LogP contribution in [0.15, 0.2) is 34.1 Å². The first kappa shape index (κ1) is 12.5. The van der Waals surface area contributed by atoms with Gasteiger partial charge in [-0.2, -0.15) is 0 Å². The fourth-order valence-electron chi connectivity index (χ4n) is 1.47. The summed E-state index contributed by atoms with van der Waals surface area (Å²) < 4.78 is 14.3. The predicted octanol–water partition coefficient (Wildman–Crippen LogP) is 4.38. The topological polar surface area (TPSA) is 17.1 Å². The molecule has 1 aromatic carbocycles. The Kier molecular flexibility index (Phi) is 3.74. The van der Waals surface area contributed by atoms with E-state index in [-0.39, 0.29) is 11.6 Å². The van der Waals surface area contributed by atoms with Gasteiger partial charge in [-0.25, -0.2) is 4.39 Å². The molecule has 2 aromatic rings. The number of hydrogen-bond donors (Lipinski definition) is 0. The zero-order valence-corrected chi connectivity index (χ0v) is 11.6. The van der Waals surface area contributed by atoms with Gasteiger partial charge in [0.25, 0.3) is 0 Å². The molecule has 0 spiro atoms. The Bertz CT molecular complexity index is 562. The Hall–Kier alpha value is -1.00. The summed E-state index contributed by atoms with van der Waals surface area (Å²) in [4.78, 5) is 12.9. The molecule has 4 heteroatoms. The fourth-order valence-corrected chi connectivity index (χ4v) is 2.96. The van der Waals surface area contributed by atoms with Crippen molar-refractivity contribution in [1.29, 1.82) is 0 Å². The lowest BCUT2D eigenvalue weighted by molar-refractivity contribution is 0.0993. The third kappa shape index (κ3) is 3.01. The molecule has 0 saturated carbocycles. The molecule has 17 heavy (non-hydrogen) atoms. The molecule has 2 rings (SSSR count). The molecule has 0 bridgehead atoms. The smallest absolute Gasteiger partial charge is 0.168 e. The van der Waals surface area contributed by atoms with E-state index in [0.29, 0.717) is 17.5 Å². The van der Waals surface area contributed by atoms with Crippen LogP contribution in [0.5, 0.6) is 0 Å². The normalized spacial score (nSPS) is 10.5. The molecule has 0 aliphatic heterocycles. The van der Waals surface area contributed by atoms with Crippen LogP contribution in [-0.2, 0) is 6.42 Å². The number of hydrogen-bond acceptors (Lipinski definition) is 2. The molecule has 0 aliphatic carbocycles. The lowest BCUT2D eigenvalue weighted by atomic mass is 10.1. The highest BCUT2D eigenvalue weighted by Gasteiger charge is 2.10. The number of aryl methyl sites for hydroxylation is 1. The van der Waals surface area contributed by atoms with E-state index in [1.807, 2.05) is 12.1 Å². The van der Waals surface area contributed by atoms with Gasteiger partial charge in [0.15, 0.2) is 5.78 Å². The number of Topliss-reactive ketones (excluding diaryl/α,β-unsaturated/α-hetero) is 1. The van der Waals surface area contributed by atoms with Gasteiger partial charge in [0.1, 0.15) is 5.82 Å². The summed E-state index contributed by atoms with van der Waals surface area (Å²) in [5.74, 6) is -0.388. The molecule has 88 valence electrons. The number of rotatable bonds is 3. The van der Waals surface area contributed by atoms with Gasteiger partial charge >= 0.3 is 0 Å². The average Bonchev–Trinajstić information content (AvgIpc) is 2.68. The zero-order chi connectivity index (χ0) is 12.4. The Labute approximate surface area is 111 Å². The fraction of sp³-hybridized carbons (Fsp3) is 0.154. The van der Waals surface area contributed by atoms with Gasteiger partial charge < -0.3 is 0 Å². The second-order valence-corrected chi connectivity index (χ2v) is 6.32. The molecule has 0 fully saturated rings. The number of carbonyl (C=O) groups excluding carboxylic acids is 1. The van der Waals surface area contributed by atoms with Crippen molar-refractivity contribution in [2.24, 2.45) is 0 Å². The maximum atomic E-state index is 13.3. The van der Waals surface area contributed by atoms with Gasteiger partial charge in [-0.15, -0.1) is 11.3 Å². The summed E-state index contributed by atoms with van der Waals surface area (Å²) in [5, 5.41) is 0. The van der Waals surface area contributed by atoms with Gasteiger partial charge in [0.05, 0.1) is 3.79 Å². The van der Waals surface area contributed by atoms with Crippen LogP contribution < -0.4 is 0 Å². The van der Waals surface area contributed by atoms with E-state index in [2.05, 4.69) is 15.9 Å². The molecule has 0 radical (unpaired) electrons. The Morgan fingerprint density at radius 2 is 2.12 bits per heavy atom. The van der Waals surface area contributed by atoms with E-state index in [9.17, 15) is 9.18 Å².